The third-order valence-electron chi connectivity index (χ3n) is 4.92. The van der Waals surface area contributed by atoms with E-state index in [-0.39, 0.29) is 16.9 Å². The van der Waals surface area contributed by atoms with Crippen LogP contribution in [0.2, 0.25) is 0 Å². The second kappa shape index (κ2) is 7.51. The summed E-state index contributed by atoms with van der Waals surface area (Å²) in [6.07, 6.45) is 3.30. The van der Waals surface area contributed by atoms with E-state index >= 15 is 0 Å². The van der Waals surface area contributed by atoms with E-state index in [0.717, 1.165) is 28.1 Å². The fourth-order valence-electron chi connectivity index (χ4n) is 3.28. The highest BCUT2D eigenvalue weighted by atomic mass is 19.1. The molecule has 1 amide bonds. The Morgan fingerprint density at radius 1 is 1.10 bits per heavy atom. The SMILES string of the molecule is Cc1cnn(-c2cc(C(=O)Nc3ccc4cc(N(C)C)ccc4c3)c(N)cc2F)c1. The number of carbonyl (C=O) groups excluding carboxylic acids is 1. The van der Waals surface area contributed by atoms with Gasteiger partial charge >= 0.3 is 0 Å². The van der Waals surface area contributed by atoms with Crippen molar-refractivity contribution in [1.82, 2.24) is 9.78 Å². The molecule has 0 aliphatic rings. The molecule has 152 valence electrons. The van der Waals surface area contributed by atoms with Gasteiger partial charge in [0.2, 0.25) is 0 Å². The summed E-state index contributed by atoms with van der Waals surface area (Å²) in [6, 6.07) is 14.3. The standard InChI is InChI=1S/C23H22FN5O/c1-14-12-26-29(13-14)22-10-19(21(25)11-20(22)24)23(30)27-17-6-4-16-9-18(28(2)3)7-5-15(16)8-17/h4-13H,25H2,1-3H3,(H,27,30). The van der Waals surface area contributed by atoms with E-state index in [1.807, 2.05) is 56.3 Å². The Balaban J connectivity index is 1.64. The molecule has 0 radical (unpaired) electrons. The first kappa shape index (κ1) is 19.4. The maximum absolute atomic E-state index is 14.4. The maximum atomic E-state index is 14.4. The zero-order chi connectivity index (χ0) is 21.4. The number of aromatic nitrogens is 2. The molecule has 30 heavy (non-hydrogen) atoms. The van der Waals surface area contributed by atoms with Crippen molar-refractivity contribution in [2.45, 2.75) is 6.92 Å². The third kappa shape index (κ3) is 3.69. The third-order valence-corrected chi connectivity index (χ3v) is 4.92. The summed E-state index contributed by atoms with van der Waals surface area (Å²) in [6.45, 7) is 1.85. The first-order valence-electron chi connectivity index (χ1n) is 9.45. The molecular weight excluding hydrogens is 381 g/mol. The predicted molar refractivity (Wildman–Crippen MR) is 119 cm³/mol. The van der Waals surface area contributed by atoms with E-state index in [4.69, 9.17) is 5.73 Å². The number of nitrogens with two attached hydrogens (primary N) is 1. The normalized spacial score (nSPS) is 10.9. The predicted octanol–water partition coefficient (Wildman–Crippen LogP) is 4.37. The summed E-state index contributed by atoms with van der Waals surface area (Å²) in [5, 5.41) is 9.03. The molecule has 4 aromatic rings. The molecule has 3 aromatic carbocycles. The number of nitrogen functional groups attached to an aromatic ring is 1. The molecule has 0 spiro atoms. The molecule has 3 N–H and O–H groups in total. The Morgan fingerprint density at radius 3 is 2.53 bits per heavy atom. The highest BCUT2D eigenvalue weighted by molar-refractivity contribution is 6.08. The number of fused-ring (bicyclic) bond motifs is 1. The van der Waals surface area contributed by atoms with Crippen molar-refractivity contribution >= 4 is 33.7 Å². The van der Waals surface area contributed by atoms with Crippen molar-refractivity contribution in [3.05, 3.63) is 77.9 Å². The van der Waals surface area contributed by atoms with Crippen LogP contribution in [-0.2, 0) is 0 Å². The number of carbonyl (C=O) groups is 1. The van der Waals surface area contributed by atoms with Crippen molar-refractivity contribution in [3.63, 3.8) is 0 Å². The number of rotatable bonds is 4. The van der Waals surface area contributed by atoms with Gasteiger partial charge in [0, 0.05) is 37.4 Å². The van der Waals surface area contributed by atoms with Crippen LogP contribution in [0.1, 0.15) is 15.9 Å². The van der Waals surface area contributed by atoms with Crippen LogP contribution < -0.4 is 16.0 Å². The van der Waals surface area contributed by atoms with Crippen molar-refractivity contribution in [1.29, 1.82) is 0 Å². The molecule has 0 fully saturated rings. The first-order chi connectivity index (χ1) is 14.3. The summed E-state index contributed by atoms with van der Waals surface area (Å²) in [5.74, 6) is -0.962. The van der Waals surface area contributed by atoms with Crippen molar-refractivity contribution < 1.29 is 9.18 Å². The van der Waals surface area contributed by atoms with Crippen LogP contribution in [0, 0.1) is 12.7 Å². The second-order valence-electron chi connectivity index (χ2n) is 7.45. The van der Waals surface area contributed by atoms with E-state index in [1.165, 1.54) is 10.7 Å². The molecule has 4 rings (SSSR count). The Hall–Kier alpha value is -3.87. The van der Waals surface area contributed by atoms with Crippen LogP contribution in [-0.4, -0.2) is 29.8 Å². The van der Waals surface area contributed by atoms with Crippen LogP contribution in [0.15, 0.2) is 60.9 Å². The van der Waals surface area contributed by atoms with Gasteiger partial charge in [0.25, 0.3) is 5.91 Å². The molecule has 0 saturated carbocycles. The van der Waals surface area contributed by atoms with Crippen LogP contribution in [0.5, 0.6) is 0 Å². The largest absolute Gasteiger partial charge is 0.398 e. The fourth-order valence-corrected chi connectivity index (χ4v) is 3.28. The molecular formula is C23H22FN5O. The van der Waals surface area contributed by atoms with E-state index in [0.29, 0.717) is 5.69 Å². The van der Waals surface area contributed by atoms with Crippen molar-refractivity contribution in [2.75, 3.05) is 30.0 Å². The molecule has 7 heteroatoms. The molecule has 6 nitrogen and oxygen atoms in total. The van der Waals surface area contributed by atoms with E-state index < -0.39 is 11.7 Å². The minimum absolute atomic E-state index is 0.0639. The average molecular weight is 403 g/mol. The van der Waals surface area contributed by atoms with Crippen LogP contribution >= 0.6 is 0 Å². The summed E-state index contributed by atoms with van der Waals surface area (Å²) in [5.41, 5.74) is 8.95. The molecule has 0 aliphatic carbocycles. The number of anilines is 3. The molecule has 0 unspecified atom stereocenters. The molecule has 0 bridgehead atoms. The number of hydrogen-bond acceptors (Lipinski definition) is 4. The van der Waals surface area contributed by atoms with E-state index in [1.54, 1.807) is 12.4 Å². The second-order valence-corrected chi connectivity index (χ2v) is 7.45. The van der Waals surface area contributed by atoms with Gasteiger partial charge < -0.3 is 16.0 Å². The van der Waals surface area contributed by atoms with Gasteiger partial charge in [0.1, 0.15) is 5.69 Å². The molecule has 0 saturated heterocycles. The Kier molecular flexibility index (Phi) is 4.87. The number of halogens is 1. The number of benzene rings is 3. The molecule has 1 heterocycles. The highest BCUT2D eigenvalue weighted by Gasteiger charge is 2.16. The van der Waals surface area contributed by atoms with Gasteiger partial charge in [0.15, 0.2) is 5.82 Å². The average Bonchev–Trinajstić information content (AvgIpc) is 3.13. The number of amides is 1. The lowest BCUT2D eigenvalue weighted by atomic mass is 10.1. The maximum Gasteiger partial charge on any atom is 0.257 e. The van der Waals surface area contributed by atoms with Crippen LogP contribution in [0.3, 0.4) is 0 Å². The van der Waals surface area contributed by atoms with Crippen molar-refractivity contribution in [2.24, 2.45) is 0 Å². The van der Waals surface area contributed by atoms with E-state index in [2.05, 4.69) is 16.5 Å². The summed E-state index contributed by atoms with van der Waals surface area (Å²) in [4.78, 5) is 14.9. The van der Waals surface area contributed by atoms with Crippen LogP contribution in [0.25, 0.3) is 16.5 Å². The fraction of sp³-hybridized carbons (Fsp3) is 0.130. The van der Waals surface area contributed by atoms with Gasteiger partial charge in [0.05, 0.1) is 11.8 Å². The minimum Gasteiger partial charge on any atom is -0.398 e. The zero-order valence-electron chi connectivity index (χ0n) is 17.0. The van der Waals surface area contributed by atoms with Gasteiger partial charge in [-0.2, -0.15) is 5.10 Å². The highest BCUT2D eigenvalue weighted by Crippen LogP contribution is 2.26. The van der Waals surface area contributed by atoms with Crippen LogP contribution in [0.4, 0.5) is 21.5 Å². The lowest BCUT2D eigenvalue weighted by Gasteiger charge is -2.14. The lowest BCUT2D eigenvalue weighted by Crippen LogP contribution is -2.15. The summed E-state index contributed by atoms with van der Waals surface area (Å²) in [7, 11) is 3.98. The topological polar surface area (TPSA) is 76.2 Å². The molecule has 1 aromatic heterocycles. The van der Waals surface area contributed by atoms with Gasteiger partial charge in [-0.15, -0.1) is 0 Å². The van der Waals surface area contributed by atoms with Gasteiger partial charge in [-0.1, -0.05) is 12.1 Å². The number of nitrogens with one attached hydrogen (secondary N) is 1. The zero-order valence-corrected chi connectivity index (χ0v) is 17.0. The Labute approximate surface area is 173 Å². The minimum atomic E-state index is -0.547. The Bertz CT molecular complexity index is 1260. The summed E-state index contributed by atoms with van der Waals surface area (Å²) < 4.78 is 15.8. The smallest absolute Gasteiger partial charge is 0.257 e. The Morgan fingerprint density at radius 2 is 1.83 bits per heavy atom. The van der Waals surface area contributed by atoms with Gasteiger partial charge in [-0.3, -0.25) is 4.79 Å². The van der Waals surface area contributed by atoms with Gasteiger partial charge in [-0.25, -0.2) is 9.07 Å². The number of aryl methyl sites for hydroxylation is 1. The summed E-state index contributed by atoms with van der Waals surface area (Å²) >= 11 is 0. The van der Waals surface area contributed by atoms with Gasteiger partial charge in [-0.05, 0) is 59.7 Å². The monoisotopic (exact) mass is 403 g/mol. The first-order valence-corrected chi connectivity index (χ1v) is 9.45. The number of nitrogens with zero attached hydrogens (tertiary/aromatic N) is 3. The molecule has 0 atom stereocenters. The van der Waals surface area contributed by atoms with E-state index in [9.17, 15) is 9.18 Å². The number of hydrogen-bond donors (Lipinski definition) is 2. The van der Waals surface area contributed by atoms with Crippen molar-refractivity contribution in [3.8, 4) is 5.69 Å². The lowest BCUT2D eigenvalue weighted by molar-refractivity contribution is 0.102. The molecule has 0 aliphatic heterocycles. The quantitative estimate of drug-likeness (QED) is 0.496.